The summed E-state index contributed by atoms with van der Waals surface area (Å²) in [5.74, 6) is -3.85. The molecule has 0 aromatic heterocycles. The number of amides is 2. The number of benzene rings is 2. The minimum absolute atomic E-state index is 0.0217. The Morgan fingerprint density at radius 3 is 2.44 bits per heavy atom. The average Bonchev–Trinajstić information content (AvgIpc) is 2.82. The van der Waals surface area contributed by atoms with Gasteiger partial charge in [-0.2, -0.15) is 0 Å². The molecular formula is C25H31F2N5O2. The number of hydrogen-bond donors (Lipinski definition) is 2. The van der Waals surface area contributed by atoms with Crippen LogP contribution < -0.4 is 15.5 Å². The van der Waals surface area contributed by atoms with Gasteiger partial charge < -0.3 is 20.4 Å². The van der Waals surface area contributed by atoms with Crippen LogP contribution in [0.4, 0.5) is 20.2 Å². The van der Waals surface area contributed by atoms with E-state index in [1.165, 1.54) is 17.3 Å². The Morgan fingerprint density at radius 1 is 0.941 bits per heavy atom. The zero-order chi connectivity index (χ0) is 24.2. The molecule has 9 heteroatoms. The number of anilines is 2. The van der Waals surface area contributed by atoms with Crippen molar-refractivity contribution in [2.24, 2.45) is 0 Å². The van der Waals surface area contributed by atoms with Crippen molar-refractivity contribution in [3.8, 4) is 0 Å². The Morgan fingerprint density at radius 2 is 1.71 bits per heavy atom. The number of likely N-dealkylation sites (N-methyl/N-ethyl adjacent to an activating group) is 1. The fourth-order valence-corrected chi connectivity index (χ4v) is 4.64. The van der Waals surface area contributed by atoms with Gasteiger partial charge in [0.25, 0.3) is 0 Å². The number of carbonyl (C=O) groups is 2. The van der Waals surface area contributed by atoms with E-state index in [9.17, 15) is 18.4 Å². The summed E-state index contributed by atoms with van der Waals surface area (Å²) in [6, 6.07) is 9.35. The second-order valence-electron chi connectivity index (χ2n) is 9.06. The van der Waals surface area contributed by atoms with Gasteiger partial charge in [-0.3, -0.25) is 14.5 Å². The van der Waals surface area contributed by atoms with Crippen molar-refractivity contribution < 1.29 is 18.4 Å². The van der Waals surface area contributed by atoms with E-state index in [1.807, 2.05) is 0 Å². The largest absolute Gasteiger partial charge is 0.374 e. The number of nitrogens with one attached hydrogen (secondary N) is 2. The molecule has 1 atom stereocenters. The molecule has 2 aliphatic rings. The highest BCUT2D eigenvalue weighted by Gasteiger charge is 2.27. The molecule has 0 saturated carbocycles. The second-order valence-corrected chi connectivity index (χ2v) is 9.06. The Labute approximate surface area is 198 Å². The van der Waals surface area contributed by atoms with Crippen LogP contribution in [0.5, 0.6) is 0 Å². The van der Waals surface area contributed by atoms with E-state index in [1.54, 1.807) is 0 Å². The maximum Gasteiger partial charge on any atom is 0.313 e. The topological polar surface area (TPSA) is 67.9 Å². The van der Waals surface area contributed by atoms with Gasteiger partial charge in [-0.1, -0.05) is 12.1 Å². The molecule has 4 rings (SSSR count). The smallest absolute Gasteiger partial charge is 0.313 e. The number of rotatable bonds is 5. The van der Waals surface area contributed by atoms with E-state index in [0.29, 0.717) is 0 Å². The molecule has 1 fully saturated rings. The van der Waals surface area contributed by atoms with E-state index < -0.39 is 23.4 Å². The van der Waals surface area contributed by atoms with Crippen molar-refractivity contribution in [2.75, 3.05) is 63.6 Å². The summed E-state index contributed by atoms with van der Waals surface area (Å²) in [5.41, 5.74) is 3.67. The van der Waals surface area contributed by atoms with Crippen LogP contribution in [-0.4, -0.2) is 75.0 Å². The summed E-state index contributed by atoms with van der Waals surface area (Å²) >= 11 is 0. The Hall–Kier alpha value is -3.04. The summed E-state index contributed by atoms with van der Waals surface area (Å²) in [7, 11) is 4.19. The van der Waals surface area contributed by atoms with Crippen LogP contribution in [0.2, 0.25) is 0 Å². The van der Waals surface area contributed by atoms with Gasteiger partial charge in [0.05, 0.1) is 6.04 Å². The first-order valence-corrected chi connectivity index (χ1v) is 11.6. The summed E-state index contributed by atoms with van der Waals surface area (Å²) < 4.78 is 26.5. The van der Waals surface area contributed by atoms with E-state index in [4.69, 9.17) is 0 Å². The molecule has 2 aromatic rings. The number of halogens is 2. The minimum atomic E-state index is -1.09. The molecular weight excluding hydrogens is 440 g/mol. The van der Waals surface area contributed by atoms with Crippen LogP contribution in [0.1, 0.15) is 23.6 Å². The molecule has 0 bridgehead atoms. The zero-order valence-electron chi connectivity index (χ0n) is 19.6. The Balaban J connectivity index is 1.47. The van der Waals surface area contributed by atoms with Crippen molar-refractivity contribution in [2.45, 2.75) is 18.9 Å². The van der Waals surface area contributed by atoms with E-state index >= 15 is 0 Å². The maximum atomic E-state index is 13.4. The fraction of sp³-hybridized carbons (Fsp3) is 0.440. The van der Waals surface area contributed by atoms with Crippen molar-refractivity contribution >= 4 is 23.2 Å². The lowest BCUT2D eigenvalue weighted by Gasteiger charge is -2.39. The molecule has 2 aromatic carbocycles. The van der Waals surface area contributed by atoms with E-state index in [0.717, 1.165) is 63.3 Å². The van der Waals surface area contributed by atoms with Gasteiger partial charge in [-0.05, 0) is 49.2 Å². The Kier molecular flexibility index (Phi) is 7.43. The lowest BCUT2D eigenvalue weighted by molar-refractivity contribution is -0.136. The van der Waals surface area contributed by atoms with Crippen molar-refractivity contribution in [3.63, 3.8) is 0 Å². The number of aryl methyl sites for hydroxylation is 1. The van der Waals surface area contributed by atoms with Crippen LogP contribution in [0.3, 0.4) is 0 Å². The molecule has 2 N–H and O–H groups in total. The van der Waals surface area contributed by atoms with Gasteiger partial charge in [0.1, 0.15) is 0 Å². The molecule has 0 spiro atoms. The van der Waals surface area contributed by atoms with E-state index in [2.05, 4.69) is 57.6 Å². The minimum Gasteiger partial charge on any atom is -0.374 e. The third kappa shape index (κ3) is 5.53. The van der Waals surface area contributed by atoms with Gasteiger partial charge in [0.15, 0.2) is 11.6 Å². The van der Waals surface area contributed by atoms with Crippen LogP contribution in [0.25, 0.3) is 0 Å². The highest BCUT2D eigenvalue weighted by Crippen LogP contribution is 2.31. The number of hydrogen-bond acceptors (Lipinski definition) is 5. The maximum absolute atomic E-state index is 13.4. The molecule has 182 valence electrons. The summed E-state index contributed by atoms with van der Waals surface area (Å²) in [6.07, 6.45) is 2.12. The van der Waals surface area contributed by atoms with Crippen LogP contribution >= 0.6 is 0 Å². The van der Waals surface area contributed by atoms with Gasteiger partial charge in [0.2, 0.25) is 0 Å². The monoisotopic (exact) mass is 471 g/mol. The quantitative estimate of drug-likeness (QED) is 0.656. The predicted octanol–water partition coefficient (Wildman–Crippen LogP) is 2.39. The zero-order valence-corrected chi connectivity index (χ0v) is 19.6. The van der Waals surface area contributed by atoms with Gasteiger partial charge in [-0.15, -0.1) is 0 Å². The first-order valence-electron chi connectivity index (χ1n) is 11.6. The normalized spacial score (nSPS) is 17.7. The van der Waals surface area contributed by atoms with Crippen LogP contribution in [0.15, 0.2) is 36.4 Å². The van der Waals surface area contributed by atoms with Crippen molar-refractivity contribution in [1.82, 2.24) is 15.1 Å². The standard InChI is InChI=1S/C25H31F2N5O2/c1-30-10-12-32(13-11-30)23(18-5-8-22-17(14-18)4-3-9-31(22)2)16-28-24(33)25(34)29-19-6-7-20(26)21(27)15-19/h5-8,14-15,23H,3-4,9-13,16H2,1-2H3,(H,28,33)(H,29,34). The summed E-state index contributed by atoms with van der Waals surface area (Å²) in [6.45, 7) is 4.87. The number of nitrogens with zero attached hydrogens (tertiary/aromatic N) is 3. The molecule has 2 heterocycles. The lowest BCUT2D eigenvalue weighted by Crippen LogP contribution is -2.49. The first kappa shape index (κ1) is 24.1. The second kappa shape index (κ2) is 10.5. The summed E-state index contributed by atoms with van der Waals surface area (Å²) in [5, 5.41) is 5.06. The average molecular weight is 472 g/mol. The molecule has 1 saturated heterocycles. The third-order valence-corrected chi connectivity index (χ3v) is 6.66. The SMILES string of the molecule is CN1CCN(C(CNC(=O)C(=O)Nc2ccc(F)c(F)c2)c2ccc3c(c2)CCCN3C)CC1. The summed E-state index contributed by atoms with van der Waals surface area (Å²) in [4.78, 5) is 31.7. The van der Waals surface area contributed by atoms with Crippen molar-refractivity contribution in [3.05, 3.63) is 59.2 Å². The number of fused-ring (bicyclic) bond motifs is 1. The number of piperazine rings is 1. The highest BCUT2D eigenvalue weighted by atomic mass is 19.2. The molecule has 1 unspecified atom stereocenters. The molecule has 34 heavy (non-hydrogen) atoms. The third-order valence-electron chi connectivity index (χ3n) is 6.66. The molecule has 7 nitrogen and oxygen atoms in total. The molecule has 2 aliphatic heterocycles. The van der Waals surface area contributed by atoms with Gasteiger partial charge >= 0.3 is 11.8 Å². The predicted molar refractivity (Wildman–Crippen MR) is 128 cm³/mol. The fourth-order valence-electron chi connectivity index (χ4n) is 4.64. The van der Waals surface area contributed by atoms with Crippen LogP contribution in [-0.2, 0) is 16.0 Å². The van der Waals surface area contributed by atoms with Gasteiger partial charge in [-0.25, -0.2) is 8.78 Å². The lowest BCUT2D eigenvalue weighted by atomic mass is 9.95. The molecule has 2 amide bonds. The van der Waals surface area contributed by atoms with Crippen LogP contribution in [0, 0.1) is 11.6 Å². The molecule has 0 radical (unpaired) electrons. The molecule has 0 aliphatic carbocycles. The Bertz CT molecular complexity index is 1060. The van der Waals surface area contributed by atoms with Gasteiger partial charge in [0, 0.05) is 63.8 Å². The number of carbonyl (C=O) groups excluding carboxylic acids is 2. The highest BCUT2D eigenvalue weighted by molar-refractivity contribution is 6.39. The van der Waals surface area contributed by atoms with E-state index in [-0.39, 0.29) is 18.3 Å². The van der Waals surface area contributed by atoms with Crippen molar-refractivity contribution in [1.29, 1.82) is 0 Å². The first-order chi connectivity index (χ1) is 16.3.